The van der Waals surface area contributed by atoms with Gasteiger partial charge in [0.2, 0.25) is 0 Å². The van der Waals surface area contributed by atoms with Crippen LogP contribution in [0.5, 0.6) is 0 Å². The molecule has 0 spiro atoms. The molecule has 2 aromatic carbocycles. The highest BCUT2D eigenvalue weighted by molar-refractivity contribution is 6.15. The van der Waals surface area contributed by atoms with E-state index in [1.807, 2.05) is 0 Å². The summed E-state index contributed by atoms with van der Waals surface area (Å²) in [4.78, 5) is 0. The molecule has 0 radical (unpaired) electrons. The van der Waals surface area contributed by atoms with Crippen LogP contribution in [0.4, 0.5) is 0 Å². The molecule has 0 aliphatic heterocycles. The van der Waals surface area contributed by atoms with Crippen LogP contribution >= 0.6 is 0 Å². The summed E-state index contributed by atoms with van der Waals surface area (Å²) in [5, 5.41) is 3.25. The minimum Gasteiger partial charge on any atom is -0.340 e. The van der Waals surface area contributed by atoms with Crippen molar-refractivity contribution in [1.29, 1.82) is 0 Å². The largest absolute Gasteiger partial charge is 0.340 e. The maximum Gasteiger partial charge on any atom is 0.0529 e. The molecule has 0 aliphatic rings. The summed E-state index contributed by atoms with van der Waals surface area (Å²) in [6, 6.07) is 0. The fourth-order valence-electron chi connectivity index (χ4n) is 9.44. The summed E-state index contributed by atoms with van der Waals surface area (Å²) in [6.45, 7) is 32.7. The lowest BCUT2D eigenvalue weighted by Crippen LogP contribution is -2.28. The van der Waals surface area contributed by atoms with Crippen molar-refractivity contribution in [2.75, 3.05) is 0 Å². The Kier molecular flexibility index (Phi) is 11.3. The molecule has 3 aromatic rings. The Balaban J connectivity index is 2.93. The van der Waals surface area contributed by atoms with Crippen LogP contribution in [0.2, 0.25) is 0 Å². The number of aromatic nitrogens is 1. The van der Waals surface area contributed by atoms with Crippen molar-refractivity contribution < 1.29 is 0 Å². The van der Waals surface area contributed by atoms with Crippen molar-refractivity contribution >= 4 is 21.8 Å². The molecule has 0 saturated carbocycles. The van der Waals surface area contributed by atoms with Crippen LogP contribution in [0.25, 0.3) is 21.8 Å². The molecule has 41 heavy (non-hydrogen) atoms. The molecule has 3 rings (SSSR count). The van der Waals surface area contributed by atoms with Crippen LogP contribution in [0.15, 0.2) is 0 Å². The number of benzene rings is 2. The highest BCUT2D eigenvalue weighted by atomic mass is 15.0. The maximum atomic E-state index is 2.82. The van der Waals surface area contributed by atoms with E-state index < -0.39 is 0 Å². The van der Waals surface area contributed by atoms with Crippen molar-refractivity contribution in [2.24, 2.45) is 0 Å². The zero-order valence-electron chi connectivity index (χ0n) is 29.6. The van der Waals surface area contributed by atoms with Gasteiger partial charge in [-0.2, -0.15) is 0 Å². The lowest BCUT2D eigenvalue weighted by Gasteiger charge is -2.37. The Morgan fingerprint density at radius 2 is 0.634 bits per heavy atom. The fraction of sp³-hybridized carbons (Fsp3) is 0.700. The van der Waals surface area contributed by atoms with Gasteiger partial charge in [0.05, 0.1) is 11.0 Å². The van der Waals surface area contributed by atoms with E-state index >= 15 is 0 Å². The van der Waals surface area contributed by atoms with Crippen LogP contribution < -0.4 is 0 Å². The third-order valence-electron chi connectivity index (χ3n) is 11.9. The Bertz CT molecular complexity index is 1220. The molecule has 0 saturated heterocycles. The molecule has 0 fully saturated rings. The number of hydrogen-bond acceptors (Lipinski definition) is 0. The average Bonchev–Trinajstić information content (AvgIpc) is 3.36. The van der Waals surface area contributed by atoms with Gasteiger partial charge in [0.1, 0.15) is 0 Å². The SMILES string of the molecule is CCc1c(C(CC)(CC)CC)c(CC)c2c(c1CC)c1c(CC)c(CC)c(C(CC)(CC)CC)c(CC)c1n2CC. The number of rotatable bonds is 15. The lowest BCUT2D eigenvalue weighted by molar-refractivity contribution is 0.376. The normalized spacial score (nSPS) is 12.8. The maximum absolute atomic E-state index is 2.82. The van der Waals surface area contributed by atoms with Crippen LogP contribution in [0.1, 0.15) is 173 Å². The monoisotopic (exact) mass is 560 g/mol. The van der Waals surface area contributed by atoms with Gasteiger partial charge in [-0.05, 0) is 139 Å². The van der Waals surface area contributed by atoms with Crippen LogP contribution in [0.3, 0.4) is 0 Å². The first-order valence-corrected chi connectivity index (χ1v) is 17.9. The van der Waals surface area contributed by atoms with E-state index in [2.05, 4.69) is 94.6 Å². The zero-order chi connectivity index (χ0) is 30.7. The molecule has 230 valence electrons. The van der Waals surface area contributed by atoms with E-state index in [-0.39, 0.29) is 10.8 Å². The number of aryl methyl sites for hydroxylation is 5. The predicted octanol–water partition coefficient (Wildman–Crippen LogP) is 12.1. The molecule has 1 nitrogen and oxygen atoms in total. The summed E-state index contributed by atoms with van der Waals surface area (Å²) in [5.74, 6) is 0. The first-order valence-electron chi connectivity index (χ1n) is 17.9. The Hall–Kier alpha value is -1.76. The van der Waals surface area contributed by atoms with Crippen LogP contribution in [-0.2, 0) is 55.9 Å². The standard InChI is InChI=1S/C40H65N/c1-14-27-29(16-3)35(39(20-7,21-8)22-9)31(18-5)37-33(27)34-28(15-2)30(17-4)36(40(23-10,24-11)25-12)32(19-6)38(34)41(37)26-13/h14-26H2,1-13H3. The molecular weight excluding hydrogens is 494 g/mol. The molecule has 0 aliphatic carbocycles. The molecule has 1 aromatic heterocycles. The smallest absolute Gasteiger partial charge is 0.0529 e. The second-order valence-electron chi connectivity index (χ2n) is 12.6. The number of fused-ring (bicyclic) bond motifs is 3. The molecule has 1 heteroatoms. The fourth-order valence-corrected chi connectivity index (χ4v) is 9.44. The highest BCUT2D eigenvalue weighted by Crippen LogP contribution is 2.51. The summed E-state index contributed by atoms with van der Waals surface area (Å²) < 4.78 is 2.82. The summed E-state index contributed by atoms with van der Waals surface area (Å²) in [5.41, 5.74) is 17.2. The van der Waals surface area contributed by atoms with Crippen molar-refractivity contribution in [3.63, 3.8) is 0 Å². The minimum absolute atomic E-state index is 0.256. The third-order valence-corrected chi connectivity index (χ3v) is 11.9. The van der Waals surface area contributed by atoms with Gasteiger partial charge in [-0.3, -0.25) is 0 Å². The van der Waals surface area contributed by atoms with Crippen molar-refractivity contribution in [1.82, 2.24) is 4.57 Å². The Labute approximate surface area is 254 Å². The molecule has 1 heterocycles. The molecule has 0 amide bonds. The first kappa shape index (κ1) is 33.7. The molecule has 0 unspecified atom stereocenters. The van der Waals surface area contributed by atoms with Gasteiger partial charge in [-0.25, -0.2) is 0 Å². The topological polar surface area (TPSA) is 4.93 Å². The summed E-state index contributed by atoms with van der Waals surface area (Å²) >= 11 is 0. The molecule has 0 N–H and O–H groups in total. The minimum atomic E-state index is 0.256. The van der Waals surface area contributed by atoms with E-state index in [4.69, 9.17) is 0 Å². The first-order chi connectivity index (χ1) is 19.7. The summed E-state index contributed by atoms with van der Waals surface area (Å²) in [7, 11) is 0. The molecule has 0 atom stereocenters. The zero-order valence-corrected chi connectivity index (χ0v) is 29.6. The van der Waals surface area contributed by atoms with Crippen LogP contribution in [-0.4, -0.2) is 4.57 Å². The second kappa shape index (κ2) is 13.7. The quantitative estimate of drug-likeness (QED) is 0.174. The third kappa shape index (κ3) is 4.80. The van der Waals surface area contributed by atoms with E-state index in [1.165, 1.54) is 38.5 Å². The van der Waals surface area contributed by atoms with Gasteiger partial charge >= 0.3 is 0 Å². The number of hydrogen-bond donors (Lipinski definition) is 0. The summed E-state index contributed by atoms with van der Waals surface area (Å²) in [6.07, 6.45) is 14.0. The van der Waals surface area contributed by atoms with Crippen molar-refractivity contribution in [3.8, 4) is 0 Å². The van der Waals surface area contributed by atoms with Gasteiger partial charge < -0.3 is 4.57 Å². The Morgan fingerprint density at radius 3 is 0.829 bits per heavy atom. The predicted molar refractivity (Wildman–Crippen MR) is 186 cm³/mol. The van der Waals surface area contributed by atoms with E-state index in [1.54, 1.807) is 66.3 Å². The lowest BCUT2D eigenvalue weighted by atomic mass is 9.67. The number of nitrogens with zero attached hydrogens (tertiary/aromatic N) is 1. The van der Waals surface area contributed by atoms with Gasteiger partial charge in [-0.1, -0.05) is 83.1 Å². The van der Waals surface area contributed by atoms with Crippen molar-refractivity contribution in [2.45, 2.75) is 184 Å². The highest BCUT2D eigenvalue weighted by Gasteiger charge is 2.38. The van der Waals surface area contributed by atoms with Gasteiger partial charge in [0.25, 0.3) is 0 Å². The van der Waals surface area contributed by atoms with Gasteiger partial charge in [-0.15, -0.1) is 0 Å². The second-order valence-corrected chi connectivity index (χ2v) is 12.6. The molecular formula is C40H65N. The average molecular weight is 560 g/mol. The van der Waals surface area contributed by atoms with Crippen molar-refractivity contribution in [3.05, 3.63) is 44.5 Å². The van der Waals surface area contributed by atoms with Gasteiger partial charge in [0.15, 0.2) is 0 Å². The van der Waals surface area contributed by atoms with E-state index in [0.717, 1.165) is 45.1 Å². The van der Waals surface area contributed by atoms with E-state index in [9.17, 15) is 0 Å². The van der Waals surface area contributed by atoms with E-state index in [0.29, 0.717) is 0 Å². The van der Waals surface area contributed by atoms with Gasteiger partial charge in [0, 0.05) is 17.3 Å². The molecule has 0 bridgehead atoms. The Morgan fingerprint density at radius 1 is 0.366 bits per heavy atom. The van der Waals surface area contributed by atoms with Crippen LogP contribution in [0, 0.1) is 0 Å².